The Labute approximate surface area is 472 Å². The second kappa shape index (κ2) is 24.5. The topological polar surface area (TPSA) is 314 Å². The van der Waals surface area contributed by atoms with Gasteiger partial charge in [0.1, 0.15) is 47.1 Å². The molecule has 8 amide bonds. The molecular formula is C53H62ClN13O9S3. The third kappa shape index (κ3) is 13.3. The lowest BCUT2D eigenvalue weighted by Gasteiger charge is -2.35. The molecule has 2 fully saturated rings. The molecule has 418 valence electrons. The van der Waals surface area contributed by atoms with Crippen molar-refractivity contribution in [2.75, 3.05) is 31.1 Å². The van der Waals surface area contributed by atoms with Gasteiger partial charge in [0.05, 0.1) is 46.6 Å². The highest BCUT2D eigenvalue weighted by molar-refractivity contribution is 8.00. The number of fused-ring (bicyclic) bond motifs is 4. The molecule has 3 aliphatic heterocycles. The Hall–Kier alpha value is -7.06. The van der Waals surface area contributed by atoms with Crippen molar-refractivity contribution in [3.63, 3.8) is 0 Å². The molecule has 0 radical (unpaired) electrons. The first kappa shape index (κ1) is 58.1. The zero-order valence-corrected chi connectivity index (χ0v) is 47.7. The van der Waals surface area contributed by atoms with E-state index in [9.17, 15) is 43.5 Å². The Morgan fingerprint density at radius 1 is 0.886 bits per heavy atom. The molecule has 0 bridgehead atoms. The highest BCUT2D eigenvalue weighted by atomic mass is 35.5. The number of aromatic nitrogens is 4. The van der Waals surface area contributed by atoms with Crippen LogP contribution in [0.4, 0.5) is 0 Å². The number of nitrogens with zero attached hydrogens (tertiary/aromatic N) is 6. The predicted molar refractivity (Wildman–Crippen MR) is 300 cm³/mol. The largest absolute Gasteiger partial charge is 0.391 e. The fourth-order valence-corrected chi connectivity index (χ4v) is 12.5. The van der Waals surface area contributed by atoms with E-state index in [1.165, 1.54) is 16.2 Å². The van der Waals surface area contributed by atoms with Gasteiger partial charge in [0, 0.05) is 46.3 Å². The number of aryl methyl sites for hydroxylation is 3. The van der Waals surface area contributed by atoms with Crippen molar-refractivity contribution < 1.29 is 43.5 Å². The summed E-state index contributed by atoms with van der Waals surface area (Å²) in [6.07, 6.45) is -1.70. The van der Waals surface area contributed by atoms with Crippen molar-refractivity contribution in [2.24, 2.45) is 16.1 Å². The third-order valence-electron chi connectivity index (χ3n) is 13.8. The number of hydrogen-bond donors (Lipinski definition) is 8. The van der Waals surface area contributed by atoms with Crippen molar-refractivity contribution >= 4 is 99.0 Å². The second-order valence-corrected chi connectivity index (χ2v) is 24.2. The molecule has 9 N–H and O–H groups in total. The smallest absolute Gasteiger partial charge is 0.247 e. The van der Waals surface area contributed by atoms with Gasteiger partial charge >= 0.3 is 0 Å². The Morgan fingerprint density at radius 3 is 2.27 bits per heavy atom. The van der Waals surface area contributed by atoms with Crippen LogP contribution in [-0.4, -0.2) is 144 Å². The number of nitrogens with two attached hydrogens (primary N) is 1. The lowest BCUT2D eigenvalue weighted by Crippen LogP contribution is -2.58. The first-order chi connectivity index (χ1) is 37.5. The minimum atomic E-state index is -1.44. The van der Waals surface area contributed by atoms with Crippen LogP contribution in [-0.2, 0) is 38.4 Å². The number of halogens is 1. The number of carbonyl (C=O) groups excluding carboxylic acids is 8. The van der Waals surface area contributed by atoms with Crippen LogP contribution >= 0.6 is 46.0 Å². The molecule has 0 aliphatic carbocycles. The molecule has 6 heterocycles. The number of rotatable bonds is 9. The maximum atomic E-state index is 14.4. The average Bonchev–Trinajstić information content (AvgIpc) is 4.31. The molecule has 0 saturated carbocycles. The lowest BCUT2D eigenvalue weighted by atomic mass is 9.85. The molecule has 7 atom stereocenters. The standard InChI is InChI=1S/C53H62ClN13O9S3/c1-25-27(3)79-52-41(25)42(29-12-14-32(54)15-13-29)60-35(47-65-64-28(4)67(47)52)19-38(69)56-17-16-34-48(73)61-36(46(55)72)22-77-23-40(71)62-45(53(5,6)7)51(76)66-21-33(68)18-37(66)49(74)63-43(50(75)57-20-39(70)59-34)30-8-10-31(11-9-30)44-26(2)58-24-78-44/h8-15,24,33-37,43,45,68H,16-23H2,1-7H3,(H2,55,72)(H,56,69)(H,57,75)(H,59,70)(H,61,73)(H,62,71)(H,63,74)/t33-,34-,35+,36-,37+,43+,45-/m1/s1. The summed E-state index contributed by atoms with van der Waals surface area (Å²) in [7, 11) is 0. The van der Waals surface area contributed by atoms with Crippen LogP contribution in [0.25, 0.3) is 15.4 Å². The Kier molecular flexibility index (Phi) is 18.0. The molecular weight excluding hydrogens is 1090 g/mol. The van der Waals surface area contributed by atoms with Gasteiger partial charge in [-0.3, -0.25) is 47.9 Å². The number of carbonyl (C=O) groups is 8. The molecule has 8 rings (SSSR count). The number of thioether (sulfide) groups is 1. The zero-order chi connectivity index (χ0) is 57.0. The molecule has 3 aliphatic rings. The molecule has 22 nitrogen and oxygen atoms in total. The number of aliphatic hydroxyl groups is 1. The Balaban J connectivity index is 1.05. The molecule has 2 saturated heterocycles. The highest BCUT2D eigenvalue weighted by Gasteiger charge is 2.45. The number of thiophene rings is 1. The van der Waals surface area contributed by atoms with E-state index in [-0.39, 0.29) is 43.9 Å². The summed E-state index contributed by atoms with van der Waals surface area (Å²) in [6, 6.07) is 6.52. The van der Waals surface area contributed by atoms with E-state index in [1.54, 1.807) is 74.0 Å². The lowest BCUT2D eigenvalue weighted by molar-refractivity contribution is -0.144. The zero-order valence-electron chi connectivity index (χ0n) is 44.5. The van der Waals surface area contributed by atoms with Gasteiger partial charge in [0.15, 0.2) is 5.82 Å². The first-order valence-electron chi connectivity index (χ1n) is 25.4. The summed E-state index contributed by atoms with van der Waals surface area (Å²) in [4.78, 5) is 124. The minimum absolute atomic E-state index is 0.173. The second-order valence-electron chi connectivity index (χ2n) is 20.7. The van der Waals surface area contributed by atoms with Gasteiger partial charge in [-0.15, -0.1) is 44.6 Å². The van der Waals surface area contributed by atoms with Crippen LogP contribution < -0.4 is 37.6 Å². The summed E-state index contributed by atoms with van der Waals surface area (Å²) in [5.74, 6) is -5.46. The molecule has 3 aromatic heterocycles. The summed E-state index contributed by atoms with van der Waals surface area (Å²) in [5, 5.41) is 37.2. The highest BCUT2D eigenvalue weighted by Crippen LogP contribution is 2.40. The van der Waals surface area contributed by atoms with E-state index in [0.29, 0.717) is 27.9 Å². The van der Waals surface area contributed by atoms with Gasteiger partial charge in [0.2, 0.25) is 47.3 Å². The van der Waals surface area contributed by atoms with Crippen molar-refractivity contribution in [3.05, 3.63) is 104 Å². The van der Waals surface area contributed by atoms with Crippen molar-refractivity contribution in [1.82, 2.24) is 56.5 Å². The molecule has 26 heteroatoms. The maximum absolute atomic E-state index is 14.4. The van der Waals surface area contributed by atoms with E-state index in [0.717, 1.165) is 54.5 Å². The van der Waals surface area contributed by atoms with Crippen LogP contribution in [0.2, 0.25) is 5.02 Å². The maximum Gasteiger partial charge on any atom is 0.247 e. The number of hydrogen-bond acceptors (Lipinski definition) is 16. The summed E-state index contributed by atoms with van der Waals surface area (Å²) in [5.41, 5.74) is 11.8. The fourth-order valence-electron chi connectivity index (χ4n) is 9.52. The van der Waals surface area contributed by atoms with Gasteiger partial charge in [-0.05, 0) is 68.4 Å². The number of primary amides is 1. The van der Waals surface area contributed by atoms with Gasteiger partial charge in [0.25, 0.3) is 0 Å². The number of nitrogens with one attached hydrogen (secondary N) is 6. The first-order valence-corrected chi connectivity index (χ1v) is 28.7. The normalized spacial score (nSPS) is 22.8. The van der Waals surface area contributed by atoms with Crippen LogP contribution in [0, 0.1) is 33.1 Å². The average molecular weight is 1160 g/mol. The predicted octanol–water partition coefficient (Wildman–Crippen LogP) is 2.80. The Bertz CT molecular complexity index is 3210. The molecule has 79 heavy (non-hydrogen) atoms. The number of amides is 8. The third-order valence-corrected chi connectivity index (χ3v) is 17.3. The van der Waals surface area contributed by atoms with E-state index in [4.69, 9.17) is 22.3 Å². The number of thiazole rings is 1. The van der Waals surface area contributed by atoms with E-state index < -0.39 is 102 Å². The van der Waals surface area contributed by atoms with E-state index >= 15 is 0 Å². The monoisotopic (exact) mass is 1160 g/mol. The van der Waals surface area contributed by atoms with Crippen molar-refractivity contribution in [3.8, 4) is 15.4 Å². The number of aliphatic hydroxyl groups excluding tert-OH is 1. The van der Waals surface area contributed by atoms with E-state index in [1.807, 2.05) is 44.4 Å². The van der Waals surface area contributed by atoms with Crippen molar-refractivity contribution in [1.29, 1.82) is 0 Å². The minimum Gasteiger partial charge on any atom is -0.391 e. The fraction of sp³-hybridized carbons (Fsp3) is 0.434. The van der Waals surface area contributed by atoms with Crippen molar-refractivity contribution in [2.45, 2.75) is 110 Å². The van der Waals surface area contributed by atoms with Crippen LogP contribution in [0.5, 0.6) is 0 Å². The molecule has 0 unspecified atom stereocenters. The van der Waals surface area contributed by atoms with Crippen LogP contribution in [0.1, 0.15) is 96.6 Å². The van der Waals surface area contributed by atoms with Crippen LogP contribution in [0.3, 0.4) is 0 Å². The Morgan fingerprint density at radius 2 is 1.59 bits per heavy atom. The molecule has 2 aromatic carbocycles. The van der Waals surface area contributed by atoms with Gasteiger partial charge in [-0.25, -0.2) is 4.98 Å². The quantitative estimate of drug-likeness (QED) is 0.105. The van der Waals surface area contributed by atoms with Gasteiger partial charge in [-0.1, -0.05) is 68.8 Å². The summed E-state index contributed by atoms with van der Waals surface area (Å²) in [6.45, 7) is 11.8. The van der Waals surface area contributed by atoms with E-state index in [2.05, 4.69) is 47.1 Å². The summed E-state index contributed by atoms with van der Waals surface area (Å²) >= 11 is 10.2. The van der Waals surface area contributed by atoms with Gasteiger partial charge < -0.3 is 47.6 Å². The van der Waals surface area contributed by atoms with Crippen LogP contribution in [0.15, 0.2) is 59.0 Å². The SMILES string of the molecule is Cc1ncsc1-c1ccc([C@@H]2NC(=O)[C@@H]3C[C@@H](O)CN3C(=O)[C@H](C(C)(C)C)NC(=O)CSC[C@H](C(N)=O)NC(=O)[C@@H](CCNC(=O)C[C@@H]3N=C(c4ccc(Cl)cc4)c4c(sc(C)c4C)-n4c(C)nnc43)NC(=O)CNC2=O)cc1. The molecule has 5 aromatic rings. The molecule has 0 spiro atoms. The summed E-state index contributed by atoms with van der Waals surface area (Å²) < 4.78 is 1.91. The number of aliphatic imine (C=N–C) groups is 1. The number of benzene rings is 2. The van der Waals surface area contributed by atoms with Gasteiger partial charge in [-0.2, -0.15) is 0 Å².